The van der Waals surface area contributed by atoms with Gasteiger partial charge in [-0.3, -0.25) is 4.90 Å². The molecule has 3 heterocycles. The van der Waals surface area contributed by atoms with Crippen LogP contribution in [0.1, 0.15) is 24.4 Å². The van der Waals surface area contributed by atoms with Gasteiger partial charge in [-0.25, -0.2) is 19.3 Å². The lowest BCUT2D eigenvalue weighted by Gasteiger charge is -2.31. The maximum absolute atomic E-state index is 13.5. The lowest BCUT2D eigenvalue weighted by Crippen LogP contribution is -2.38. The number of pyridine rings is 1. The normalized spacial score (nSPS) is 16.6. The van der Waals surface area contributed by atoms with Gasteiger partial charge >= 0.3 is 0 Å². The van der Waals surface area contributed by atoms with Crippen LogP contribution in [-0.2, 0) is 6.54 Å². The third-order valence-corrected chi connectivity index (χ3v) is 3.76. The molecule has 6 heteroatoms. The van der Waals surface area contributed by atoms with E-state index in [0.29, 0.717) is 0 Å². The number of ether oxygens (including phenoxy) is 1. The highest BCUT2D eigenvalue weighted by atomic mass is 19.1. The highest BCUT2D eigenvalue weighted by Gasteiger charge is 2.22. The van der Waals surface area contributed by atoms with Crippen LogP contribution >= 0.6 is 0 Å². The lowest BCUT2D eigenvalue weighted by molar-refractivity contribution is 0.0889. The van der Waals surface area contributed by atoms with E-state index < -0.39 is 5.82 Å². The van der Waals surface area contributed by atoms with E-state index in [4.69, 9.17) is 4.74 Å². The Kier molecular flexibility index (Phi) is 4.58. The third kappa shape index (κ3) is 3.76. The second-order valence-electron chi connectivity index (χ2n) is 5.48. The molecule has 0 aliphatic carbocycles. The highest BCUT2D eigenvalue weighted by molar-refractivity contribution is 5.13. The number of nitrogens with zero attached hydrogens (tertiary/aromatic N) is 4. The van der Waals surface area contributed by atoms with E-state index >= 15 is 0 Å². The Balaban J connectivity index is 1.51. The summed E-state index contributed by atoms with van der Waals surface area (Å²) < 4.78 is 19.2. The second kappa shape index (κ2) is 6.79. The van der Waals surface area contributed by atoms with Crippen molar-refractivity contribution in [2.75, 3.05) is 13.1 Å². The Morgan fingerprint density at radius 3 is 2.77 bits per heavy atom. The lowest BCUT2D eigenvalue weighted by atomic mass is 10.1. The predicted octanol–water partition coefficient (Wildman–Crippen LogP) is 2.36. The van der Waals surface area contributed by atoms with Gasteiger partial charge in [0.05, 0.1) is 5.69 Å². The summed E-state index contributed by atoms with van der Waals surface area (Å²) in [4.78, 5) is 14.8. The molecule has 0 spiro atoms. The monoisotopic (exact) mass is 302 g/mol. The van der Waals surface area contributed by atoms with E-state index in [2.05, 4.69) is 19.9 Å². The van der Waals surface area contributed by atoms with Crippen molar-refractivity contribution in [3.05, 3.63) is 47.9 Å². The summed E-state index contributed by atoms with van der Waals surface area (Å²) >= 11 is 0. The van der Waals surface area contributed by atoms with E-state index in [1.54, 1.807) is 18.5 Å². The van der Waals surface area contributed by atoms with Gasteiger partial charge in [-0.05, 0) is 38.0 Å². The molecule has 2 aromatic rings. The molecule has 1 fully saturated rings. The zero-order chi connectivity index (χ0) is 15.4. The molecule has 0 atom stereocenters. The second-order valence-corrected chi connectivity index (χ2v) is 5.48. The first-order valence-corrected chi connectivity index (χ1v) is 7.49. The topological polar surface area (TPSA) is 51.1 Å². The van der Waals surface area contributed by atoms with Gasteiger partial charge in [-0.2, -0.15) is 0 Å². The maximum atomic E-state index is 13.5. The van der Waals surface area contributed by atoms with E-state index in [0.717, 1.165) is 44.0 Å². The number of likely N-dealkylation sites (tertiary alicyclic amines) is 1. The van der Waals surface area contributed by atoms with Crippen LogP contribution in [0, 0.1) is 12.7 Å². The van der Waals surface area contributed by atoms with E-state index in [1.165, 1.54) is 6.07 Å². The smallest absolute Gasteiger partial charge is 0.250 e. The van der Waals surface area contributed by atoms with Crippen LogP contribution in [0.4, 0.5) is 4.39 Å². The number of aromatic nitrogens is 3. The van der Waals surface area contributed by atoms with Gasteiger partial charge in [0, 0.05) is 32.0 Å². The van der Waals surface area contributed by atoms with Gasteiger partial charge in [0.25, 0.3) is 5.88 Å². The molecule has 0 unspecified atom stereocenters. The van der Waals surface area contributed by atoms with Crippen molar-refractivity contribution >= 4 is 0 Å². The maximum Gasteiger partial charge on any atom is 0.250 e. The molecule has 2 aromatic heterocycles. The van der Waals surface area contributed by atoms with Crippen LogP contribution in [0.2, 0.25) is 0 Å². The van der Waals surface area contributed by atoms with Crippen molar-refractivity contribution < 1.29 is 9.13 Å². The van der Waals surface area contributed by atoms with Crippen molar-refractivity contribution in [2.45, 2.75) is 32.4 Å². The van der Waals surface area contributed by atoms with Crippen LogP contribution in [0.3, 0.4) is 0 Å². The summed E-state index contributed by atoms with van der Waals surface area (Å²) in [5.74, 6) is 0.495. The molecule has 0 bridgehead atoms. The molecule has 1 aliphatic rings. The molecule has 1 saturated heterocycles. The predicted molar refractivity (Wildman–Crippen MR) is 79.9 cm³/mol. The fourth-order valence-electron chi connectivity index (χ4n) is 2.62. The number of hydrogen-bond donors (Lipinski definition) is 0. The number of aryl methyl sites for hydroxylation is 1. The number of rotatable bonds is 4. The van der Waals surface area contributed by atoms with Crippen LogP contribution in [0.15, 0.2) is 30.6 Å². The Morgan fingerprint density at radius 1 is 1.23 bits per heavy atom. The minimum atomic E-state index is -0.401. The summed E-state index contributed by atoms with van der Waals surface area (Å²) in [6.45, 7) is 4.52. The van der Waals surface area contributed by atoms with Crippen LogP contribution in [0.5, 0.6) is 5.88 Å². The zero-order valence-corrected chi connectivity index (χ0v) is 12.6. The fourth-order valence-corrected chi connectivity index (χ4v) is 2.62. The molecule has 5 nitrogen and oxygen atoms in total. The van der Waals surface area contributed by atoms with E-state index in [9.17, 15) is 4.39 Å². The largest absolute Gasteiger partial charge is 0.472 e. The summed E-state index contributed by atoms with van der Waals surface area (Å²) in [5, 5.41) is 0. The molecule has 22 heavy (non-hydrogen) atoms. The van der Waals surface area contributed by atoms with E-state index in [-0.39, 0.29) is 12.0 Å². The fraction of sp³-hybridized carbons (Fsp3) is 0.438. The first-order chi connectivity index (χ1) is 10.7. The van der Waals surface area contributed by atoms with Crippen molar-refractivity contribution in [3.63, 3.8) is 0 Å². The molecule has 0 saturated carbocycles. The minimum absolute atomic E-state index is 0.0211. The average Bonchev–Trinajstić information content (AvgIpc) is 2.52. The van der Waals surface area contributed by atoms with Crippen molar-refractivity contribution in [2.24, 2.45) is 0 Å². The van der Waals surface area contributed by atoms with Gasteiger partial charge < -0.3 is 4.74 Å². The summed E-state index contributed by atoms with van der Waals surface area (Å²) in [6, 6.07) is 4.88. The molecule has 0 amide bonds. The Bertz CT molecular complexity index is 629. The van der Waals surface area contributed by atoms with Crippen LogP contribution in [-0.4, -0.2) is 39.0 Å². The Labute approximate surface area is 129 Å². The van der Waals surface area contributed by atoms with Crippen molar-refractivity contribution in [1.29, 1.82) is 0 Å². The highest BCUT2D eigenvalue weighted by Crippen LogP contribution is 2.20. The molecule has 1 aliphatic heterocycles. The summed E-state index contributed by atoms with van der Waals surface area (Å²) in [5.41, 5.74) is 1.03. The molecular formula is C16H19FN4O. The number of piperidine rings is 1. The van der Waals surface area contributed by atoms with Crippen molar-refractivity contribution in [1.82, 2.24) is 19.9 Å². The van der Waals surface area contributed by atoms with Crippen LogP contribution in [0.25, 0.3) is 0 Å². The molecule has 3 rings (SSSR count). The summed E-state index contributed by atoms with van der Waals surface area (Å²) in [7, 11) is 0. The molecule has 0 aromatic carbocycles. The molecule has 116 valence electrons. The average molecular weight is 302 g/mol. The third-order valence-electron chi connectivity index (χ3n) is 3.76. The van der Waals surface area contributed by atoms with Gasteiger partial charge in [0.15, 0.2) is 5.82 Å². The van der Waals surface area contributed by atoms with Gasteiger partial charge in [-0.1, -0.05) is 0 Å². The zero-order valence-electron chi connectivity index (χ0n) is 12.6. The Hall–Kier alpha value is -2.08. The molecule has 0 N–H and O–H groups in total. The number of hydrogen-bond acceptors (Lipinski definition) is 5. The summed E-state index contributed by atoms with van der Waals surface area (Å²) in [6.07, 6.45) is 5.08. The number of halogens is 1. The molecular weight excluding hydrogens is 283 g/mol. The molecule has 0 radical (unpaired) electrons. The first kappa shape index (κ1) is 14.8. The minimum Gasteiger partial charge on any atom is -0.472 e. The van der Waals surface area contributed by atoms with Gasteiger partial charge in [-0.15, -0.1) is 0 Å². The van der Waals surface area contributed by atoms with E-state index in [1.807, 2.05) is 13.0 Å². The standard InChI is InChI=1S/C16H19FN4O/c1-12-18-8-4-13(20-12)11-21-9-5-14(6-10-21)22-16-15(17)3-2-7-19-16/h2-4,7-8,14H,5-6,9-11H2,1H3. The van der Waals surface area contributed by atoms with Gasteiger partial charge in [0.1, 0.15) is 11.9 Å². The SMILES string of the molecule is Cc1nccc(CN2CCC(Oc3ncccc3F)CC2)n1. The Morgan fingerprint density at radius 2 is 2.05 bits per heavy atom. The quantitative estimate of drug-likeness (QED) is 0.868. The van der Waals surface area contributed by atoms with Crippen molar-refractivity contribution in [3.8, 4) is 5.88 Å². The van der Waals surface area contributed by atoms with Crippen LogP contribution < -0.4 is 4.74 Å². The first-order valence-electron chi connectivity index (χ1n) is 7.49. The van der Waals surface area contributed by atoms with Gasteiger partial charge in [0.2, 0.25) is 0 Å².